The van der Waals surface area contributed by atoms with Crippen LogP contribution in [-0.4, -0.2) is 35.4 Å². The summed E-state index contributed by atoms with van der Waals surface area (Å²) in [6.45, 7) is 6.76. The third kappa shape index (κ3) is 4.02. The molecule has 0 radical (unpaired) electrons. The molecule has 1 fully saturated rings. The van der Waals surface area contributed by atoms with Crippen molar-refractivity contribution in [3.05, 3.63) is 51.5 Å². The van der Waals surface area contributed by atoms with E-state index in [2.05, 4.69) is 36.3 Å². The van der Waals surface area contributed by atoms with Gasteiger partial charge in [-0.05, 0) is 49.9 Å². The largest absolute Gasteiger partial charge is 0.333 e. The van der Waals surface area contributed by atoms with Gasteiger partial charge in [0, 0.05) is 48.2 Å². The van der Waals surface area contributed by atoms with Crippen LogP contribution in [0.5, 0.6) is 0 Å². The van der Waals surface area contributed by atoms with Crippen molar-refractivity contribution < 1.29 is 4.79 Å². The second-order valence-corrected chi connectivity index (χ2v) is 7.85. The summed E-state index contributed by atoms with van der Waals surface area (Å²) in [5, 5.41) is 3.39. The van der Waals surface area contributed by atoms with E-state index in [4.69, 9.17) is 0 Å². The van der Waals surface area contributed by atoms with Gasteiger partial charge in [-0.3, -0.25) is 9.78 Å². The zero-order chi connectivity index (χ0) is 16.9. The van der Waals surface area contributed by atoms with Crippen LogP contribution in [0.25, 0.3) is 0 Å². The van der Waals surface area contributed by atoms with Crippen molar-refractivity contribution in [2.45, 2.75) is 39.2 Å². The molecule has 0 bridgehead atoms. The number of thiophene rings is 1. The van der Waals surface area contributed by atoms with Gasteiger partial charge in [0.25, 0.3) is 0 Å². The molecule has 1 saturated heterocycles. The lowest BCUT2D eigenvalue weighted by atomic mass is 10.0. The van der Waals surface area contributed by atoms with E-state index in [9.17, 15) is 4.79 Å². The maximum absolute atomic E-state index is 12.7. The van der Waals surface area contributed by atoms with Gasteiger partial charge in [0.1, 0.15) is 0 Å². The van der Waals surface area contributed by atoms with Crippen molar-refractivity contribution in [1.82, 2.24) is 15.2 Å². The van der Waals surface area contributed by atoms with E-state index in [0.717, 1.165) is 38.0 Å². The Morgan fingerprint density at radius 1 is 1.46 bits per heavy atom. The molecule has 3 rings (SSSR count). The van der Waals surface area contributed by atoms with Gasteiger partial charge < -0.3 is 10.2 Å². The molecule has 0 aliphatic carbocycles. The monoisotopic (exact) mass is 343 g/mol. The molecule has 0 aromatic carbocycles. The third-order valence-electron chi connectivity index (χ3n) is 4.61. The van der Waals surface area contributed by atoms with Crippen LogP contribution in [-0.2, 0) is 11.2 Å². The molecule has 0 spiro atoms. The highest BCUT2D eigenvalue weighted by atomic mass is 32.1. The van der Waals surface area contributed by atoms with Crippen LogP contribution in [0.3, 0.4) is 0 Å². The van der Waals surface area contributed by atoms with Crippen molar-refractivity contribution in [1.29, 1.82) is 0 Å². The summed E-state index contributed by atoms with van der Waals surface area (Å²) in [7, 11) is 0. The summed E-state index contributed by atoms with van der Waals surface area (Å²) in [5.41, 5.74) is 2.51. The van der Waals surface area contributed by atoms with Crippen LogP contribution in [0.15, 0.2) is 30.6 Å². The van der Waals surface area contributed by atoms with Crippen LogP contribution in [0.2, 0.25) is 0 Å². The summed E-state index contributed by atoms with van der Waals surface area (Å²) in [6.07, 6.45) is 6.17. The number of nitrogens with zero attached hydrogens (tertiary/aromatic N) is 2. The average Bonchev–Trinajstić information content (AvgIpc) is 2.93. The normalized spacial score (nSPS) is 17.9. The molecular weight excluding hydrogens is 318 g/mol. The summed E-state index contributed by atoms with van der Waals surface area (Å²) >= 11 is 1.84. The molecule has 1 unspecified atom stereocenters. The second kappa shape index (κ2) is 7.90. The van der Waals surface area contributed by atoms with Crippen molar-refractivity contribution in [3.8, 4) is 0 Å². The molecule has 3 heterocycles. The summed E-state index contributed by atoms with van der Waals surface area (Å²) in [4.78, 5) is 21.7. The van der Waals surface area contributed by atoms with Gasteiger partial charge in [-0.25, -0.2) is 0 Å². The van der Waals surface area contributed by atoms with Gasteiger partial charge in [-0.2, -0.15) is 0 Å². The van der Waals surface area contributed by atoms with E-state index in [1.54, 1.807) is 6.20 Å². The fourth-order valence-corrected chi connectivity index (χ4v) is 4.36. The Balaban J connectivity index is 1.59. The van der Waals surface area contributed by atoms with Crippen LogP contribution < -0.4 is 5.32 Å². The Hall–Kier alpha value is -1.72. The Morgan fingerprint density at radius 2 is 2.33 bits per heavy atom. The van der Waals surface area contributed by atoms with E-state index in [1.165, 1.54) is 15.3 Å². The fourth-order valence-electron chi connectivity index (χ4n) is 3.38. The number of rotatable bonds is 5. The molecule has 128 valence electrons. The number of piperazine rings is 1. The SMILES string of the molecule is Cc1cc(CCCC(=O)N2CCNCC2c2cccnc2)c(C)s1. The molecule has 5 heteroatoms. The van der Waals surface area contributed by atoms with Crippen molar-refractivity contribution in [3.63, 3.8) is 0 Å². The van der Waals surface area contributed by atoms with Crippen molar-refractivity contribution >= 4 is 17.2 Å². The lowest BCUT2D eigenvalue weighted by Gasteiger charge is -2.36. The van der Waals surface area contributed by atoms with Gasteiger partial charge in [0.15, 0.2) is 0 Å². The highest BCUT2D eigenvalue weighted by molar-refractivity contribution is 7.12. The number of carbonyl (C=O) groups is 1. The van der Waals surface area contributed by atoms with Gasteiger partial charge in [-0.15, -0.1) is 11.3 Å². The maximum atomic E-state index is 12.7. The molecule has 1 N–H and O–H groups in total. The summed E-state index contributed by atoms with van der Waals surface area (Å²) < 4.78 is 0. The maximum Gasteiger partial charge on any atom is 0.223 e. The second-order valence-electron chi connectivity index (χ2n) is 6.39. The first-order valence-electron chi connectivity index (χ1n) is 8.61. The van der Waals surface area contributed by atoms with E-state index in [-0.39, 0.29) is 11.9 Å². The highest BCUT2D eigenvalue weighted by Crippen LogP contribution is 2.24. The highest BCUT2D eigenvalue weighted by Gasteiger charge is 2.27. The number of carbonyl (C=O) groups excluding carboxylic acids is 1. The van der Waals surface area contributed by atoms with Gasteiger partial charge in [-0.1, -0.05) is 6.07 Å². The molecule has 1 aliphatic rings. The lowest BCUT2D eigenvalue weighted by Crippen LogP contribution is -2.48. The number of aromatic nitrogens is 1. The van der Waals surface area contributed by atoms with Crippen LogP contribution in [0.4, 0.5) is 0 Å². The Kier molecular flexibility index (Phi) is 5.63. The first-order valence-corrected chi connectivity index (χ1v) is 9.43. The minimum atomic E-state index is 0.102. The van der Waals surface area contributed by atoms with E-state index in [0.29, 0.717) is 6.42 Å². The van der Waals surface area contributed by atoms with Crippen LogP contribution in [0.1, 0.15) is 39.8 Å². The minimum Gasteiger partial charge on any atom is -0.333 e. The standard InChI is InChI=1S/C19H25N3OS/c1-14-11-16(15(2)24-14)5-3-7-19(23)22-10-9-21-13-18(22)17-6-4-8-20-12-17/h4,6,8,11-12,18,21H,3,5,7,9-10,13H2,1-2H3. The number of hydrogen-bond donors (Lipinski definition) is 1. The average molecular weight is 343 g/mol. The predicted octanol–water partition coefficient (Wildman–Crippen LogP) is 3.26. The summed E-state index contributed by atoms with van der Waals surface area (Å²) in [5.74, 6) is 0.259. The molecule has 1 aliphatic heterocycles. The number of amides is 1. The van der Waals surface area contributed by atoms with Crippen LogP contribution in [0, 0.1) is 13.8 Å². The quantitative estimate of drug-likeness (QED) is 0.906. The predicted molar refractivity (Wildman–Crippen MR) is 98.3 cm³/mol. The number of aryl methyl sites for hydroxylation is 3. The Labute approximate surface area is 147 Å². The zero-order valence-electron chi connectivity index (χ0n) is 14.4. The Morgan fingerprint density at radius 3 is 3.04 bits per heavy atom. The zero-order valence-corrected chi connectivity index (χ0v) is 15.2. The molecule has 24 heavy (non-hydrogen) atoms. The summed E-state index contributed by atoms with van der Waals surface area (Å²) in [6, 6.07) is 6.36. The lowest BCUT2D eigenvalue weighted by molar-refractivity contribution is -0.134. The van der Waals surface area contributed by atoms with Gasteiger partial charge in [0.2, 0.25) is 5.91 Å². The fraction of sp³-hybridized carbons (Fsp3) is 0.474. The molecule has 0 saturated carbocycles. The van der Waals surface area contributed by atoms with Crippen molar-refractivity contribution in [2.75, 3.05) is 19.6 Å². The topological polar surface area (TPSA) is 45.2 Å². The molecule has 1 atom stereocenters. The molecule has 2 aromatic heterocycles. The minimum absolute atomic E-state index is 0.102. The van der Waals surface area contributed by atoms with E-state index in [1.807, 2.05) is 28.5 Å². The van der Waals surface area contributed by atoms with E-state index < -0.39 is 0 Å². The number of hydrogen-bond acceptors (Lipinski definition) is 4. The number of nitrogens with one attached hydrogen (secondary N) is 1. The first kappa shape index (κ1) is 17.1. The third-order valence-corrected chi connectivity index (χ3v) is 5.62. The van der Waals surface area contributed by atoms with E-state index >= 15 is 0 Å². The van der Waals surface area contributed by atoms with Crippen molar-refractivity contribution in [2.24, 2.45) is 0 Å². The first-order chi connectivity index (χ1) is 11.6. The molecular formula is C19H25N3OS. The molecule has 4 nitrogen and oxygen atoms in total. The number of pyridine rings is 1. The smallest absolute Gasteiger partial charge is 0.223 e. The van der Waals surface area contributed by atoms with Crippen LogP contribution >= 0.6 is 11.3 Å². The Bertz CT molecular complexity index is 683. The van der Waals surface area contributed by atoms with Gasteiger partial charge in [0.05, 0.1) is 6.04 Å². The molecule has 2 aromatic rings. The van der Waals surface area contributed by atoms with Gasteiger partial charge >= 0.3 is 0 Å². The molecule has 1 amide bonds.